The molecule has 0 bridgehead atoms. The van der Waals surface area contributed by atoms with E-state index in [1.54, 1.807) is 0 Å². The van der Waals surface area contributed by atoms with Crippen LogP contribution in [0.4, 0.5) is 0 Å². The van der Waals surface area contributed by atoms with Crippen molar-refractivity contribution in [1.82, 2.24) is 0 Å². The molecule has 0 radical (unpaired) electrons. The van der Waals surface area contributed by atoms with Crippen LogP contribution in [0.25, 0.3) is 0 Å². The summed E-state index contributed by atoms with van der Waals surface area (Å²) >= 11 is 5.16. The molecule has 0 aliphatic carbocycles. The molecule has 0 atom stereocenters. The fraction of sp³-hybridized carbons (Fsp3) is 1.00. The van der Waals surface area contributed by atoms with E-state index in [4.69, 9.17) is 16.9 Å². The molecule has 0 aromatic rings. The molecule has 1 N–H and O–H groups in total. The van der Waals surface area contributed by atoms with E-state index in [1.165, 1.54) is 0 Å². The van der Waals surface area contributed by atoms with E-state index in [1.807, 2.05) is 0 Å². The van der Waals surface area contributed by atoms with Crippen LogP contribution in [0, 0.1) is 0 Å². The Hall–Kier alpha value is 1.16. The standard InChI is InChI=1S/C3H7ClO4S.Na.H/c4-2-1-3-9(6,7)8-5;;/h5H,1-3H2;;. The first kappa shape index (κ1) is 13.7. The average molecular weight is 199 g/mol. The van der Waals surface area contributed by atoms with E-state index in [9.17, 15) is 8.42 Å². The minimum absolute atomic E-state index is 0. The van der Waals surface area contributed by atoms with E-state index in [-0.39, 0.29) is 47.6 Å². The summed E-state index contributed by atoms with van der Waals surface area (Å²) in [6.45, 7) is 0. The van der Waals surface area contributed by atoms with Gasteiger partial charge in [0.1, 0.15) is 0 Å². The van der Waals surface area contributed by atoms with Crippen molar-refractivity contribution in [3.63, 3.8) is 0 Å². The second kappa shape index (κ2) is 6.84. The van der Waals surface area contributed by atoms with E-state index >= 15 is 0 Å². The molecule has 0 rings (SSSR count). The van der Waals surface area contributed by atoms with Crippen molar-refractivity contribution in [2.45, 2.75) is 6.42 Å². The summed E-state index contributed by atoms with van der Waals surface area (Å²) in [5.41, 5.74) is 0. The zero-order valence-corrected chi connectivity index (χ0v) is 6.15. The molecule has 0 saturated heterocycles. The number of rotatable bonds is 4. The van der Waals surface area contributed by atoms with Crippen LogP contribution in [0.3, 0.4) is 0 Å². The van der Waals surface area contributed by atoms with Crippen molar-refractivity contribution in [2.75, 3.05) is 11.6 Å². The van der Waals surface area contributed by atoms with Crippen LogP contribution in [0.15, 0.2) is 0 Å². The molecule has 0 unspecified atom stereocenters. The van der Waals surface area contributed by atoms with Gasteiger partial charge >= 0.3 is 29.6 Å². The van der Waals surface area contributed by atoms with Crippen LogP contribution in [0.1, 0.15) is 6.42 Å². The summed E-state index contributed by atoms with van der Waals surface area (Å²) in [5, 5.41) is 7.69. The zero-order chi connectivity index (χ0) is 7.33. The predicted molar refractivity (Wildman–Crippen MR) is 40.0 cm³/mol. The first-order valence-electron chi connectivity index (χ1n) is 2.24. The number of hydrogen-bond acceptors (Lipinski definition) is 4. The topological polar surface area (TPSA) is 63.6 Å². The Bertz CT molecular complexity index is 156. The van der Waals surface area contributed by atoms with Crippen molar-refractivity contribution >= 4 is 51.3 Å². The summed E-state index contributed by atoms with van der Waals surface area (Å²) in [6, 6.07) is 0. The zero-order valence-electron chi connectivity index (χ0n) is 4.58. The molecule has 0 heterocycles. The normalized spacial score (nSPS) is 10.6. The van der Waals surface area contributed by atoms with E-state index < -0.39 is 10.1 Å². The van der Waals surface area contributed by atoms with Gasteiger partial charge < -0.3 is 0 Å². The van der Waals surface area contributed by atoms with Gasteiger partial charge in [-0.2, -0.15) is 8.42 Å². The Labute approximate surface area is 86.9 Å². The molecule has 0 aromatic heterocycles. The van der Waals surface area contributed by atoms with Gasteiger partial charge in [-0.3, -0.25) is 0 Å². The van der Waals surface area contributed by atoms with Crippen LogP contribution in [0.5, 0.6) is 0 Å². The summed E-state index contributed by atoms with van der Waals surface area (Å²) < 4.78 is 23.6. The van der Waals surface area contributed by atoms with Crippen LogP contribution >= 0.6 is 11.6 Å². The second-order valence-electron chi connectivity index (χ2n) is 1.38. The Kier molecular flexibility index (Phi) is 9.40. The molecular weight excluding hydrogens is 191 g/mol. The number of hydrogen-bond donors (Lipinski definition) is 1. The molecule has 4 nitrogen and oxygen atoms in total. The van der Waals surface area contributed by atoms with Crippen molar-refractivity contribution < 1.29 is 18.0 Å². The summed E-state index contributed by atoms with van der Waals surface area (Å²) in [4.78, 5) is 0. The molecule has 7 heteroatoms. The van der Waals surface area contributed by atoms with Gasteiger partial charge in [-0.05, 0) is 6.42 Å². The molecule has 0 amide bonds. The third-order valence-corrected chi connectivity index (χ3v) is 1.92. The molecule has 0 fully saturated rings. The molecule has 0 aliphatic rings. The maximum absolute atomic E-state index is 10.2. The van der Waals surface area contributed by atoms with Crippen LogP contribution in [-0.2, 0) is 14.5 Å². The average Bonchev–Trinajstić information content (AvgIpc) is 1.84. The summed E-state index contributed by atoms with van der Waals surface area (Å²) in [6.07, 6.45) is 0.282. The van der Waals surface area contributed by atoms with Crippen molar-refractivity contribution in [3.05, 3.63) is 0 Å². The Morgan fingerprint density at radius 2 is 2.00 bits per heavy atom. The molecule has 0 aliphatic heterocycles. The van der Waals surface area contributed by atoms with Gasteiger partial charge in [0.15, 0.2) is 0 Å². The van der Waals surface area contributed by atoms with Gasteiger partial charge in [0.25, 0.3) is 10.1 Å². The van der Waals surface area contributed by atoms with E-state index in [0.717, 1.165) is 0 Å². The van der Waals surface area contributed by atoms with Gasteiger partial charge in [0.05, 0.1) is 5.75 Å². The van der Waals surface area contributed by atoms with Crippen LogP contribution in [0.2, 0.25) is 0 Å². The van der Waals surface area contributed by atoms with Gasteiger partial charge in [-0.25, -0.2) is 5.26 Å². The molecule has 58 valence electrons. The van der Waals surface area contributed by atoms with E-state index in [0.29, 0.717) is 0 Å². The third-order valence-electron chi connectivity index (χ3n) is 0.642. The Balaban J connectivity index is 0. The fourth-order valence-corrected chi connectivity index (χ4v) is 1.13. The first-order chi connectivity index (χ1) is 4.12. The fourth-order valence-electron chi connectivity index (χ4n) is 0.269. The predicted octanol–water partition coefficient (Wildman–Crippen LogP) is -0.214. The molecule has 0 saturated carbocycles. The van der Waals surface area contributed by atoms with Crippen molar-refractivity contribution in [2.24, 2.45) is 0 Å². The van der Waals surface area contributed by atoms with Gasteiger partial charge in [-0.1, -0.05) is 0 Å². The monoisotopic (exact) mass is 198 g/mol. The Morgan fingerprint density at radius 1 is 1.50 bits per heavy atom. The summed E-state index contributed by atoms with van der Waals surface area (Å²) in [5.74, 6) is -0.00437. The molecule has 10 heavy (non-hydrogen) atoms. The van der Waals surface area contributed by atoms with Gasteiger partial charge in [0.2, 0.25) is 0 Å². The quantitative estimate of drug-likeness (QED) is 0.294. The summed E-state index contributed by atoms with van der Waals surface area (Å²) in [7, 11) is -3.71. The first-order valence-corrected chi connectivity index (χ1v) is 4.35. The Morgan fingerprint density at radius 3 is 2.30 bits per heavy atom. The molecule has 0 spiro atoms. The number of halogens is 1. The minimum atomic E-state index is -3.71. The van der Waals surface area contributed by atoms with Gasteiger partial charge in [-0.15, -0.1) is 15.9 Å². The van der Waals surface area contributed by atoms with Crippen LogP contribution in [-0.4, -0.2) is 54.9 Å². The van der Waals surface area contributed by atoms with Crippen molar-refractivity contribution in [3.8, 4) is 0 Å². The molecule has 0 aromatic carbocycles. The SMILES string of the molecule is O=S(=O)(CCCCl)OO.[NaH]. The van der Waals surface area contributed by atoms with Gasteiger partial charge in [0, 0.05) is 5.88 Å². The second-order valence-corrected chi connectivity index (χ2v) is 3.43. The maximum atomic E-state index is 10.2. The van der Waals surface area contributed by atoms with E-state index in [2.05, 4.69) is 4.33 Å². The van der Waals surface area contributed by atoms with Crippen LogP contribution < -0.4 is 0 Å². The van der Waals surface area contributed by atoms with Crippen molar-refractivity contribution in [1.29, 1.82) is 0 Å². The molecular formula is C3H8ClNaO4S. The number of alkyl halides is 1. The third kappa shape index (κ3) is 7.27.